The van der Waals surface area contributed by atoms with Gasteiger partial charge in [-0.3, -0.25) is 0 Å². The molecule has 16 heavy (non-hydrogen) atoms. The van der Waals surface area contributed by atoms with Crippen molar-refractivity contribution in [3.05, 3.63) is 34.2 Å². The van der Waals surface area contributed by atoms with E-state index in [2.05, 4.69) is 14.8 Å². The third-order valence-corrected chi connectivity index (χ3v) is 1.60. The quantitative estimate of drug-likeness (QED) is 0.494. The Bertz CT molecular complexity index is 427. The van der Waals surface area contributed by atoms with E-state index in [0.29, 0.717) is 0 Å². The van der Waals surface area contributed by atoms with Crippen LogP contribution in [0.5, 0.6) is 5.75 Å². The molecule has 0 aliphatic carbocycles. The highest BCUT2D eigenvalue weighted by atomic mass is 19.4. The van der Waals surface area contributed by atoms with Crippen molar-refractivity contribution in [2.45, 2.75) is 13.0 Å². The molecule has 1 rings (SSSR count). The van der Waals surface area contributed by atoms with Crippen LogP contribution in [0.15, 0.2) is 23.3 Å². The Morgan fingerprint density at radius 1 is 1.44 bits per heavy atom. The first-order valence-electron chi connectivity index (χ1n) is 4.01. The summed E-state index contributed by atoms with van der Waals surface area (Å²) in [5.74, 6) is -0.521. The van der Waals surface area contributed by atoms with Gasteiger partial charge in [-0.25, -0.2) is 0 Å². The molecule has 0 saturated carbocycles. The molecule has 86 valence electrons. The summed E-state index contributed by atoms with van der Waals surface area (Å²) in [5.41, 5.74) is 8.11. The maximum atomic E-state index is 11.9. The third-order valence-electron chi connectivity index (χ3n) is 1.60. The van der Waals surface area contributed by atoms with Gasteiger partial charge in [0.05, 0.1) is 6.61 Å². The minimum absolute atomic E-state index is 0.0982. The zero-order chi connectivity index (χ0) is 12.2. The average molecular weight is 233 g/mol. The molecular weight excluding hydrogens is 227 g/mol. The van der Waals surface area contributed by atoms with Crippen LogP contribution >= 0.6 is 0 Å². The fraction of sp³-hybridized carbons (Fsp3) is 0.250. The van der Waals surface area contributed by atoms with Gasteiger partial charge in [-0.2, -0.15) is 0 Å². The Hall–Kier alpha value is -1.92. The summed E-state index contributed by atoms with van der Waals surface area (Å²) in [4.78, 5) is 2.47. The number of alkyl halides is 3. The highest BCUT2D eigenvalue weighted by molar-refractivity contribution is 5.47. The van der Waals surface area contributed by atoms with Crippen molar-refractivity contribution < 1.29 is 23.0 Å². The minimum atomic E-state index is -4.83. The predicted molar refractivity (Wildman–Crippen MR) is 47.9 cm³/mol. The SMILES string of the molecule is [N-]=[N+]=Nc1ccc(OC(F)(F)F)c(CO)c1. The normalized spacial score (nSPS) is 10.8. The van der Waals surface area contributed by atoms with Crippen molar-refractivity contribution in [3.63, 3.8) is 0 Å². The molecule has 0 spiro atoms. The molecule has 5 nitrogen and oxygen atoms in total. The summed E-state index contributed by atoms with van der Waals surface area (Å²) < 4.78 is 39.4. The maximum absolute atomic E-state index is 11.9. The number of hydrogen-bond donors (Lipinski definition) is 1. The second-order valence-corrected chi connectivity index (χ2v) is 2.69. The summed E-state index contributed by atoms with van der Waals surface area (Å²) in [6.07, 6.45) is -4.83. The number of aliphatic hydroxyl groups excluding tert-OH is 1. The smallest absolute Gasteiger partial charge is 0.405 e. The number of hydrogen-bond acceptors (Lipinski definition) is 3. The van der Waals surface area contributed by atoms with Crippen LogP contribution in [0, 0.1) is 0 Å². The summed E-state index contributed by atoms with van der Waals surface area (Å²) in [6, 6.07) is 3.24. The monoisotopic (exact) mass is 233 g/mol. The first kappa shape index (κ1) is 12.2. The van der Waals surface area contributed by atoms with E-state index in [1.165, 1.54) is 0 Å². The molecule has 0 radical (unpaired) electrons. The number of benzene rings is 1. The van der Waals surface area contributed by atoms with E-state index in [-0.39, 0.29) is 11.3 Å². The van der Waals surface area contributed by atoms with Crippen LogP contribution in [0.3, 0.4) is 0 Å². The van der Waals surface area contributed by atoms with E-state index >= 15 is 0 Å². The van der Waals surface area contributed by atoms with E-state index in [9.17, 15) is 13.2 Å². The van der Waals surface area contributed by atoms with Gasteiger partial charge in [0, 0.05) is 16.2 Å². The van der Waals surface area contributed by atoms with Gasteiger partial charge in [-0.05, 0) is 23.7 Å². The highest BCUT2D eigenvalue weighted by Gasteiger charge is 2.31. The van der Waals surface area contributed by atoms with Gasteiger partial charge in [0.2, 0.25) is 0 Å². The minimum Gasteiger partial charge on any atom is -0.405 e. The lowest BCUT2D eigenvalue weighted by Gasteiger charge is -2.12. The van der Waals surface area contributed by atoms with Crippen LogP contribution < -0.4 is 4.74 Å². The predicted octanol–water partition coefficient (Wildman–Crippen LogP) is 3.02. The van der Waals surface area contributed by atoms with Gasteiger partial charge in [0.25, 0.3) is 0 Å². The Kier molecular flexibility index (Phi) is 3.60. The summed E-state index contributed by atoms with van der Waals surface area (Å²) in [5, 5.41) is 12.0. The Labute approximate surface area is 87.7 Å². The topological polar surface area (TPSA) is 78.2 Å². The van der Waals surface area contributed by atoms with Crippen LogP contribution in [-0.4, -0.2) is 11.5 Å². The number of halogens is 3. The fourth-order valence-corrected chi connectivity index (χ4v) is 1.03. The second kappa shape index (κ2) is 4.73. The third kappa shape index (κ3) is 3.34. The van der Waals surface area contributed by atoms with E-state index in [0.717, 1.165) is 18.2 Å². The van der Waals surface area contributed by atoms with Gasteiger partial charge in [-0.1, -0.05) is 5.11 Å². The molecular formula is C8H6F3N3O2. The van der Waals surface area contributed by atoms with Crippen LogP contribution in [0.25, 0.3) is 10.4 Å². The van der Waals surface area contributed by atoms with E-state index in [1.807, 2.05) is 0 Å². The standard InChI is InChI=1S/C8H6F3N3O2/c9-8(10,11)16-7-2-1-6(13-14-12)3-5(7)4-15/h1-3,15H,4H2. The number of rotatable bonds is 3. The number of aliphatic hydroxyl groups is 1. The molecule has 0 amide bonds. The number of azide groups is 1. The highest BCUT2D eigenvalue weighted by Crippen LogP contribution is 2.29. The van der Waals surface area contributed by atoms with Crippen molar-refractivity contribution in [1.29, 1.82) is 0 Å². The fourth-order valence-electron chi connectivity index (χ4n) is 1.03. The zero-order valence-electron chi connectivity index (χ0n) is 7.77. The first-order chi connectivity index (χ1) is 7.46. The molecule has 0 heterocycles. The van der Waals surface area contributed by atoms with Crippen LogP contribution in [0.4, 0.5) is 18.9 Å². The largest absolute Gasteiger partial charge is 0.573 e. The van der Waals surface area contributed by atoms with Gasteiger partial charge >= 0.3 is 6.36 Å². The zero-order valence-corrected chi connectivity index (χ0v) is 7.77. The molecule has 1 aromatic carbocycles. The van der Waals surface area contributed by atoms with E-state index < -0.39 is 18.7 Å². The number of nitrogens with zero attached hydrogens (tertiary/aromatic N) is 3. The molecule has 1 N–H and O–H groups in total. The maximum Gasteiger partial charge on any atom is 0.573 e. The molecule has 0 aliphatic heterocycles. The summed E-state index contributed by atoms with van der Waals surface area (Å²) in [7, 11) is 0. The van der Waals surface area contributed by atoms with Crippen molar-refractivity contribution in [2.24, 2.45) is 5.11 Å². The van der Waals surface area contributed by atoms with Crippen molar-refractivity contribution in [2.75, 3.05) is 0 Å². The second-order valence-electron chi connectivity index (χ2n) is 2.69. The van der Waals surface area contributed by atoms with Crippen molar-refractivity contribution in [3.8, 4) is 5.75 Å². The lowest BCUT2D eigenvalue weighted by Crippen LogP contribution is -2.18. The number of ether oxygens (including phenoxy) is 1. The summed E-state index contributed by atoms with van der Waals surface area (Å²) >= 11 is 0. The summed E-state index contributed by atoms with van der Waals surface area (Å²) in [6.45, 7) is -0.653. The Morgan fingerprint density at radius 3 is 2.62 bits per heavy atom. The van der Waals surface area contributed by atoms with Gasteiger partial charge < -0.3 is 9.84 Å². The van der Waals surface area contributed by atoms with E-state index in [4.69, 9.17) is 10.6 Å². The Balaban J connectivity index is 3.06. The van der Waals surface area contributed by atoms with Gasteiger partial charge in [-0.15, -0.1) is 13.2 Å². The van der Waals surface area contributed by atoms with E-state index in [1.54, 1.807) is 0 Å². The molecule has 0 atom stereocenters. The van der Waals surface area contributed by atoms with Crippen LogP contribution in [0.1, 0.15) is 5.56 Å². The van der Waals surface area contributed by atoms with Gasteiger partial charge in [0.1, 0.15) is 5.75 Å². The first-order valence-corrected chi connectivity index (χ1v) is 4.01. The lowest BCUT2D eigenvalue weighted by atomic mass is 10.2. The van der Waals surface area contributed by atoms with Gasteiger partial charge in [0.15, 0.2) is 0 Å². The average Bonchev–Trinajstić information content (AvgIpc) is 2.18. The van der Waals surface area contributed by atoms with Crippen LogP contribution in [-0.2, 0) is 6.61 Å². The van der Waals surface area contributed by atoms with Crippen molar-refractivity contribution >= 4 is 5.69 Å². The molecule has 1 aromatic rings. The van der Waals surface area contributed by atoms with Crippen LogP contribution in [0.2, 0.25) is 0 Å². The molecule has 0 aliphatic rings. The lowest BCUT2D eigenvalue weighted by molar-refractivity contribution is -0.275. The van der Waals surface area contributed by atoms with Crippen molar-refractivity contribution in [1.82, 2.24) is 0 Å². The Morgan fingerprint density at radius 2 is 2.12 bits per heavy atom. The molecule has 0 fully saturated rings. The molecule has 0 bridgehead atoms. The molecule has 0 saturated heterocycles. The molecule has 0 aromatic heterocycles. The molecule has 0 unspecified atom stereocenters. The molecule has 8 heteroatoms.